The third-order valence-corrected chi connectivity index (χ3v) is 2.95. The Bertz CT molecular complexity index is 592. The molecule has 18 heavy (non-hydrogen) atoms. The minimum Gasteiger partial charge on any atom is -0.480 e. The molecule has 0 bridgehead atoms. The number of nitrogens with zero attached hydrogens (tertiary/aromatic N) is 3. The van der Waals surface area contributed by atoms with Crippen LogP contribution in [0.4, 0.5) is 0 Å². The lowest BCUT2D eigenvalue weighted by Gasteiger charge is -2.07. The van der Waals surface area contributed by atoms with E-state index in [-0.39, 0.29) is 6.54 Å². The van der Waals surface area contributed by atoms with Crippen LogP contribution in [0.3, 0.4) is 0 Å². The molecule has 2 aromatic heterocycles. The molecule has 0 aromatic carbocycles. The summed E-state index contributed by atoms with van der Waals surface area (Å²) in [5.74, 6) is 0.301. The van der Waals surface area contributed by atoms with Gasteiger partial charge in [0.25, 0.3) is 0 Å². The predicted octanol–water partition coefficient (Wildman–Crippen LogP) is 2.48. The molecule has 0 atom stereocenters. The van der Waals surface area contributed by atoms with E-state index in [0.717, 1.165) is 22.2 Å². The Balaban J connectivity index is 2.56. The SMILES string of the molecule is CC(C)Cc1nc2cc(Br)cnc2n1CC(=O)O. The zero-order valence-electron chi connectivity index (χ0n) is 10.2. The van der Waals surface area contributed by atoms with Gasteiger partial charge in [0, 0.05) is 17.1 Å². The van der Waals surface area contributed by atoms with Gasteiger partial charge in [-0.2, -0.15) is 0 Å². The van der Waals surface area contributed by atoms with Crippen LogP contribution in [0.2, 0.25) is 0 Å². The van der Waals surface area contributed by atoms with Crippen LogP contribution >= 0.6 is 15.9 Å². The highest BCUT2D eigenvalue weighted by molar-refractivity contribution is 9.10. The standard InChI is InChI=1S/C12H14BrN3O2/c1-7(2)3-10-15-9-4-8(13)5-14-12(9)16(10)6-11(17)18/h4-5,7H,3,6H2,1-2H3,(H,17,18). The van der Waals surface area contributed by atoms with Gasteiger partial charge < -0.3 is 9.67 Å². The molecule has 0 radical (unpaired) electrons. The quantitative estimate of drug-likeness (QED) is 0.942. The number of halogens is 1. The first-order chi connectivity index (χ1) is 8.47. The summed E-state index contributed by atoms with van der Waals surface area (Å²) < 4.78 is 2.51. The predicted molar refractivity (Wildman–Crippen MR) is 71.4 cm³/mol. The smallest absolute Gasteiger partial charge is 0.323 e. The molecule has 2 aromatic rings. The number of hydrogen-bond donors (Lipinski definition) is 1. The van der Waals surface area contributed by atoms with Gasteiger partial charge in [0.05, 0.1) is 0 Å². The highest BCUT2D eigenvalue weighted by Gasteiger charge is 2.15. The van der Waals surface area contributed by atoms with Crippen molar-refractivity contribution < 1.29 is 9.90 Å². The highest BCUT2D eigenvalue weighted by atomic mass is 79.9. The van der Waals surface area contributed by atoms with E-state index in [0.29, 0.717) is 11.6 Å². The molecule has 0 aliphatic rings. The van der Waals surface area contributed by atoms with E-state index in [1.807, 2.05) is 6.07 Å². The number of carbonyl (C=O) groups is 1. The molecular weight excluding hydrogens is 298 g/mol. The average molecular weight is 312 g/mol. The number of aliphatic carboxylic acids is 1. The molecule has 0 saturated carbocycles. The van der Waals surface area contributed by atoms with Crippen LogP contribution in [0.25, 0.3) is 11.2 Å². The Morgan fingerprint density at radius 2 is 2.28 bits per heavy atom. The van der Waals surface area contributed by atoms with E-state index in [4.69, 9.17) is 5.11 Å². The molecule has 0 saturated heterocycles. The maximum absolute atomic E-state index is 10.9. The molecule has 0 spiro atoms. The summed E-state index contributed by atoms with van der Waals surface area (Å²) in [6.07, 6.45) is 2.39. The van der Waals surface area contributed by atoms with Gasteiger partial charge in [0.2, 0.25) is 0 Å². The first-order valence-electron chi connectivity index (χ1n) is 5.70. The van der Waals surface area contributed by atoms with Crippen molar-refractivity contribution in [3.63, 3.8) is 0 Å². The third kappa shape index (κ3) is 2.69. The number of aromatic nitrogens is 3. The molecule has 0 fully saturated rings. The maximum Gasteiger partial charge on any atom is 0.323 e. The number of hydrogen-bond acceptors (Lipinski definition) is 3. The van der Waals surface area contributed by atoms with Gasteiger partial charge in [-0.15, -0.1) is 0 Å². The first kappa shape index (κ1) is 13.0. The van der Waals surface area contributed by atoms with E-state index in [9.17, 15) is 4.79 Å². The van der Waals surface area contributed by atoms with Crippen LogP contribution < -0.4 is 0 Å². The number of carboxylic acids is 1. The lowest BCUT2D eigenvalue weighted by molar-refractivity contribution is -0.137. The van der Waals surface area contributed by atoms with Gasteiger partial charge in [0.1, 0.15) is 17.9 Å². The number of carboxylic acid groups (broad SMARTS) is 1. The molecule has 0 amide bonds. The largest absolute Gasteiger partial charge is 0.480 e. The van der Waals surface area contributed by atoms with Crippen molar-refractivity contribution in [1.82, 2.24) is 14.5 Å². The Labute approximate surface area is 113 Å². The van der Waals surface area contributed by atoms with Crippen molar-refractivity contribution in [2.24, 2.45) is 5.92 Å². The van der Waals surface area contributed by atoms with Gasteiger partial charge in [0.15, 0.2) is 5.65 Å². The maximum atomic E-state index is 10.9. The first-order valence-corrected chi connectivity index (χ1v) is 6.49. The number of imidazole rings is 1. The van der Waals surface area contributed by atoms with Crippen molar-refractivity contribution in [3.8, 4) is 0 Å². The molecule has 96 valence electrons. The lowest BCUT2D eigenvalue weighted by Crippen LogP contribution is -2.13. The van der Waals surface area contributed by atoms with Gasteiger partial charge in [-0.05, 0) is 27.9 Å². The molecule has 2 heterocycles. The molecule has 0 aliphatic heterocycles. The van der Waals surface area contributed by atoms with Crippen LogP contribution in [0.1, 0.15) is 19.7 Å². The van der Waals surface area contributed by atoms with E-state index in [1.165, 1.54) is 0 Å². The summed E-state index contributed by atoms with van der Waals surface area (Å²) in [5, 5.41) is 8.97. The third-order valence-electron chi connectivity index (χ3n) is 2.51. The fraction of sp³-hybridized carbons (Fsp3) is 0.417. The summed E-state index contributed by atoms with van der Waals surface area (Å²) in [6.45, 7) is 4.05. The lowest BCUT2D eigenvalue weighted by atomic mass is 10.1. The Morgan fingerprint density at radius 1 is 1.56 bits per heavy atom. The Kier molecular flexibility index (Phi) is 3.65. The fourth-order valence-corrected chi connectivity index (χ4v) is 2.17. The monoisotopic (exact) mass is 311 g/mol. The molecule has 0 aliphatic carbocycles. The minimum absolute atomic E-state index is 0.104. The zero-order valence-corrected chi connectivity index (χ0v) is 11.8. The summed E-state index contributed by atoms with van der Waals surface area (Å²) in [5.41, 5.74) is 1.34. The van der Waals surface area contributed by atoms with Crippen molar-refractivity contribution in [1.29, 1.82) is 0 Å². The minimum atomic E-state index is -0.885. The summed E-state index contributed by atoms with van der Waals surface area (Å²) in [6, 6.07) is 1.85. The van der Waals surface area contributed by atoms with E-state index >= 15 is 0 Å². The number of rotatable bonds is 4. The van der Waals surface area contributed by atoms with Crippen LogP contribution in [-0.2, 0) is 17.8 Å². The topological polar surface area (TPSA) is 68.0 Å². The number of fused-ring (bicyclic) bond motifs is 1. The van der Waals surface area contributed by atoms with Crippen molar-refractivity contribution >= 4 is 33.1 Å². The van der Waals surface area contributed by atoms with Crippen molar-refractivity contribution in [3.05, 3.63) is 22.6 Å². The molecule has 5 nitrogen and oxygen atoms in total. The number of pyridine rings is 1. The molecule has 1 N–H and O–H groups in total. The van der Waals surface area contributed by atoms with Crippen LogP contribution in [-0.4, -0.2) is 25.6 Å². The van der Waals surface area contributed by atoms with Gasteiger partial charge >= 0.3 is 5.97 Å². The summed E-state index contributed by atoms with van der Waals surface area (Å²) >= 11 is 3.34. The molecule has 6 heteroatoms. The summed E-state index contributed by atoms with van der Waals surface area (Å²) in [7, 11) is 0. The normalized spacial score (nSPS) is 11.3. The molecule has 0 unspecified atom stereocenters. The fourth-order valence-electron chi connectivity index (χ4n) is 1.86. The average Bonchev–Trinajstić information content (AvgIpc) is 2.54. The van der Waals surface area contributed by atoms with Crippen LogP contribution in [0.5, 0.6) is 0 Å². The van der Waals surface area contributed by atoms with Gasteiger partial charge in [-0.3, -0.25) is 4.79 Å². The molecular formula is C12H14BrN3O2. The van der Waals surface area contributed by atoms with E-state index in [2.05, 4.69) is 39.7 Å². The second-order valence-electron chi connectivity index (χ2n) is 4.60. The van der Waals surface area contributed by atoms with Crippen LogP contribution in [0.15, 0.2) is 16.7 Å². The Morgan fingerprint density at radius 3 is 2.89 bits per heavy atom. The Hall–Kier alpha value is -1.43. The van der Waals surface area contributed by atoms with Gasteiger partial charge in [-0.25, -0.2) is 9.97 Å². The van der Waals surface area contributed by atoms with E-state index in [1.54, 1.807) is 10.8 Å². The second-order valence-corrected chi connectivity index (χ2v) is 5.52. The van der Waals surface area contributed by atoms with Crippen molar-refractivity contribution in [2.75, 3.05) is 0 Å². The molecule has 2 rings (SSSR count). The van der Waals surface area contributed by atoms with Crippen molar-refractivity contribution in [2.45, 2.75) is 26.8 Å². The summed E-state index contributed by atoms with van der Waals surface area (Å²) in [4.78, 5) is 19.7. The second kappa shape index (κ2) is 5.06. The van der Waals surface area contributed by atoms with Gasteiger partial charge in [-0.1, -0.05) is 13.8 Å². The van der Waals surface area contributed by atoms with Crippen LogP contribution in [0, 0.1) is 5.92 Å². The van der Waals surface area contributed by atoms with E-state index < -0.39 is 5.97 Å². The highest BCUT2D eigenvalue weighted by Crippen LogP contribution is 2.20. The zero-order chi connectivity index (χ0) is 13.3.